The lowest BCUT2D eigenvalue weighted by Crippen LogP contribution is -2.59. The largest absolute Gasteiger partial charge is 0.388 e. The normalized spacial score (nSPS) is 19.0. The quantitative estimate of drug-likeness (QED) is 0.443. The number of carbonyl (C=O) groups is 3. The van der Waals surface area contributed by atoms with Gasteiger partial charge in [-0.25, -0.2) is 14.3 Å². The average molecular weight is 405 g/mol. The number of nitrogens with zero attached hydrogens (tertiary/aromatic N) is 5. The monoisotopic (exact) mass is 405 g/mol. The summed E-state index contributed by atoms with van der Waals surface area (Å²) in [6.07, 6.45) is 0. The first-order chi connectivity index (χ1) is 13.2. The Labute approximate surface area is 163 Å². The zero-order valence-corrected chi connectivity index (χ0v) is 16.1. The predicted molar refractivity (Wildman–Crippen MR) is 103 cm³/mol. The van der Waals surface area contributed by atoms with Gasteiger partial charge in [-0.1, -0.05) is 0 Å². The van der Waals surface area contributed by atoms with Gasteiger partial charge in [-0.2, -0.15) is 0 Å². The van der Waals surface area contributed by atoms with Crippen LogP contribution in [0.1, 0.15) is 0 Å². The fourth-order valence-electron chi connectivity index (χ4n) is 2.84. The summed E-state index contributed by atoms with van der Waals surface area (Å²) in [6.45, 7) is 0. The van der Waals surface area contributed by atoms with Crippen LogP contribution < -0.4 is 5.32 Å². The summed E-state index contributed by atoms with van der Waals surface area (Å²) in [5, 5.41) is 13.7. The van der Waals surface area contributed by atoms with Gasteiger partial charge in [-0.3, -0.25) is 24.6 Å². The highest BCUT2D eigenvalue weighted by Crippen LogP contribution is 2.22. The minimum atomic E-state index is -0.807. The lowest BCUT2D eigenvalue weighted by molar-refractivity contribution is -0.384. The smallest absolute Gasteiger partial charge is 0.325 e. The molecule has 1 saturated heterocycles. The molecule has 11 nitrogen and oxygen atoms in total. The van der Waals surface area contributed by atoms with Gasteiger partial charge >= 0.3 is 6.03 Å². The average Bonchev–Trinajstić information content (AvgIpc) is 3.00. The number of rotatable bonds is 4. The van der Waals surface area contributed by atoms with Gasteiger partial charge in [0.25, 0.3) is 28.6 Å². The van der Waals surface area contributed by atoms with E-state index < -0.39 is 22.9 Å². The number of thioether (sulfide) groups is 1. The second-order valence-electron chi connectivity index (χ2n) is 6.11. The number of likely N-dealkylation sites (N-methyl/N-ethyl adjacent to an activating group) is 2. The Morgan fingerprint density at radius 1 is 1.29 bits per heavy atom. The molecule has 0 radical (unpaired) electrons. The highest BCUT2D eigenvalue weighted by molar-refractivity contribution is 8.14. The number of nitrogens with one attached hydrogen (secondary N) is 1. The van der Waals surface area contributed by atoms with E-state index in [0.29, 0.717) is 16.7 Å². The molecule has 0 bridgehead atoms. The number of aliphatic imine (C=N–C) groups is 1. The van der Waals surface area contributed by atoms with Crippen molar-refractivity contribution in [3.8, 4) is 0 Å². The second-order valence-corrected chi connectivity index (χ2v) is 7.05. The Hall–Kier alpha value is -3.28. The predicted octanol–water partition coefficient (Wildman–Crippen LogP) is 0.569. The number of anilines is 1. The van der Waals surface area contributed by atoms with Crippen molar-refractivity contribution in [3.63, 3.8) is 0 Å². The summed E-state index contributed by atoms with van der Waals surface area (Å²) >= 11 is 1.13. The lowest BCUT2D eigenvalue weighted by atomic mass is 10.2. The number of amidine groups is 2. The maximum atomic E-state index is 12.3. The Balaban J connectivity index is 1.65. The molecule has 1 aromatic carbocycles. The maximum absolute atomic E-state index is 12.3. The van der Waals surface area contributed by atoms with Crippen molar-refractivity contribution in [1.29, 1.82) is 0 Å². The lowest BCUT2D eigenvalue weighted by Gasteiger charge is -2.27. The number of amides is 4. The number of imide groups is 1. The SMILES string of the molecule is CN1C(=O)C2N=C(SCC(=O)Nc3ccc([N+](=O)[O-])cc3)[N+](C)=C2N(C)C1=O. The Morgan fingerprint density at radius 2 is 1.93 bits per heavy atom. The van der Waals surface area contributed by atoms with Gasteiger partial charge in [0.2, 0.25) is 5.91 Å². The number of nitro benzene ring substituents is 1. The fraction of sp³-hybridized carbons (Fsp3) is 0.312. The number of non-ortho nitro benzene ring substituents is 1. The van der Waals surface area contributed by atoms with E-state index in [1.807, 2.05) is 0 Å². The third kappa shape index (κ3) is 3.45. The van der Waals surface area contributed by atoms with Crippen molar-refractivity contribution < 1.29 is 23.9 Å². The van der Waals surface area contributed by atoms with E-state index in [2.05, 4.69) is 10.3 Å². The van der Waals surface area contributed by atoms with E-state index in [4.69, 9.17) is 0 Å². The molecule has 3 rings (SSSR count). The topological polar surface area (TPSA) is 128 Å². The van der Waals surface area contributed by atoms with Crippen LogP contribution in [-0.2, 0) is 9.59 Å². The van der Waals surface area contributed by atoms with E-state index in [1.54, 1.807) is 18.7 Å². The van der Waals surface area contributed by atoms with Crippen LogP contribution in [0.25, 0.3) is 0 Å². The van der Waals surface area contributed by atoms with Gasteiger partial charge < -0.3 is 5.32 Å². The first-order valence-corrected chi connectivity index (χ1v) is 9.10. The summed E-state index contributed by atoms with van der Waals surface area (Å²) in [4.78, 5) is 53.4. The van der Waals surface area contributed by atoms with Crippen molar-refractivity contribution in [3.05, 3.63) is 34.4 Å². The molecule has 1 atom stereocenters. The number of fused-ring (bicyclic) bond motifs is 1. The Bertz CT molecular complexity index is 941. The van der Waals surface area contributed by atoms with Crippen molar-refractivity contribution in [2.75, 3.05) is 32.2 Å². The number of carbonyl (C=O) groups excluding carboxylic acids is 3. The molecule has 1 N–H and O–H groups in total. The molecule has 28 heavy (non-hydrogen) atoms. The molecule has 1 aromatic rings. The van der Waals surface area contributed by atoms with E-state index in [0.717, 1.165) is 16.7 Å². The minimum Gasteiger partial charge on any atom is -0.325 e. The maximum Gasteiger partial charge on any atom is 0.388 e. The number of hydrogen-bond acceptors (Lipinski definition) is 7. The first kappa shape index (κ1) is 19.5. The van der Waals surface area contributed by atoms with Gasteiger partial charge in [0.15, 0.2) is 0 Å². The summed E-state index contributed by atoms with van der Waals surface area (Å²) < 4.78 is 1.62. The molecule has 0 saturated carbocycles. The molecule has 1 fully saturated rings. The number of nitro groups is 1. The van der Waals surface area contributed by atoms with E-state index in [-0.39, 0.29) is 17.3 Å². The van der Waals surface area contributed by atoms with Gasteiger partial charge in [0.1, 0.15) is 0 Å². The minimum absolute atomic E-state index is 0.0157. The van der Waals surface area contributed by atoms with Crippen LogP contribution in [0.5, 0.6) is 0 Å². The van der Waals surface area contributed by atoms with Gasteiger partial charge in [0.05, 0.1) is 24.8 Å². The molecular weight excluding hydrogens is 388 g/mol. The van der Waals surface area contributed by atoms with E-state index >= 15 is 0 Å². The third-order valence-corrected chi connectivity index (χ3v) is 5.33. The summed E-state index contributed by atoms with van der Waals surface area (Å²) in [5.74, 6) is -0.285. The van der Waals surface area contributed by atoms with E-state index in [1.165, 1.54) is 36.2 Å². The second kappa shape index (κ2) is 7.38. The molecule has 2 heterocycles. The molecule has 0 spiro atoms. The van der Waals surface area contributed by atoms with Crippen LogP contribution in [0.4, 0.5) is 16.2 Å². The van der Waals surface area contributed by atoms with Crippen LogP contribution in [0, 0.1) is 10.1 Å². The molecule has 4 amide bonds. The first-order valence-electron chi connectivity index (χ1n) is 8.11. The van der Waals surface area contributed by atoms with Crippen molar-refractivity contribution >= 4 is 52.0 Å². The molecule has 12 heteroatoms. The van der Waals surface area contributed by atoms with Crippen molar-refractivity contribution in [1.82, 2.24) is 9.80 Å². The van der Waals surface area contributed by atoms with Gasteiger partial charge in [-0.15, -0.1) is 4.99 Å². The zero-order valence-electron chi connectivity index (χ0n) is 15.3. The van der Waals surface area contributed by atoms with Crippen LogP contribution in [0.3, 0.4) is 0 Å². The third-order valence-electron chi connectivity index (χ3n) is 4.29. The number of benzene rings is 1. The molecular formula is C16H17N6O5S+. The van der Waals surface area contributed by atoms with Gasteiger partial charge in [0, 0.05) is 24.9 Å². The molecule has 2 aliphatic heterocycles. The van der Waals surface area contributed by atoms with Crippen LogP contribution >= 0.6 is 11.8 Å². The van der Waals surface area contributed by atoms with Crippen molar-refractivity contribution in [2.45, 2.75) is 6.04 Å². The molecule has 146 valence electrons. The standard InChI is InChI=1S/C16H16N6O5S/c1-19-13-12(14(24)21(3)16(25)20(13)2)18-15(19)28-8-11(23)17-9-4-6-10(7-5-9)22(26)27/h4-7,12H,8H2,1-3H3/p+1. The molecule has 1 unspecified atom stereocenters. The summed E-state index contributed by atoms with van der Waals surface area (Å²) in [5.41, 5.74) is 0.366. The molecule has 2 aliphatic rings. The Kier molecular flexibility index (Phi) is 5.14. The van der Waals surface area contributed by atoms with E-state index in [9.17, 15) is 24.5 Å². The Morgan fingerprint density at radius 3 is 2.54 bits per heavy atom. The fourth-order valence-corrected chi connectivity index (χ4v) is 3.64. The van der Waals surface area contributed by atoms with Crippen molar-refractivity contribution in [2.24, 2.45) is 4.99 Å². The summed E-state index contributed by atoms with van der Waals surface area (Å²) in [7, 11) is 4.64. The molecule has 0 aliphatic carbocycles. The number of hydrogen-bond donors (Lipinski definition) is 1. The highest BCUT2D eigenvalue weighted by Gasteiger charge is 2.51. The summed E-state index contributed by atoms with van der Waals surface area (Å²) in [6, 6.07) is 4.24. The van der Waals surface area contributed by atoms with Crippen LogP contribution in [0.15, 0.2) is 29.3 Å². The van der Waals surface area contributed by atoms with Gasteiger partial charge in [-0.05, 0) is 23.9 Å². The zero-order chi connectivity index (χ0) is 20.6. The molecule has 0 aromatic heterocycles. The van der Waals surface area contributed by atoms with Crippen LogP contribution in [0.2, 0.25) is 0 Å². The van der Waals surface area contributed by atoms with Crippen LogP contribution in [-0.4, -0.2) is 81.1 Å². The highest BCUT2D eigenvalue weighted by atomic mass is 32.2. The number of urea groups is 1.